The molecule has 0 N–H and O–H groups in total. The number of β-lactam (4-membered cyclic amide) rings is 1. The van der Waals surface area contributed by atoms with Crippen molar-refractivity contribution < 1.29 is 14.0 Å². The molecule has 1 aromatic rings. The summed E-state index contributed by atoms with van der Waals surface area (Å²) in [5, 5.41) is 0. The number of rotatable bonds is 2. The summed E-state index contributed by atoms with van der Waals surface area (Å²) in [6.45, 7) is 0.528. The van der Waals surface area contributed by atoms with Crippen molar-refractivity contribution in [3.8, 4) is 0 Å². The first-order valence-electron chi connectivity index (χ1n) is 4.33. The van der Waals surface area contributed by atoms with Crippen LogP contribution in [0.2, 0.25) is 0 Å². The lowest BCUT2D eigenvalue weighted by Crippen LogP contribution is -2.46. The molecular formula is C10H9NO3. The van der Waals surface area contributed by atoms with Crippen LogP contribution >= 0.6 is 0 Å². The van der Waals surface area contributed by atoms with Crippen molar-refractivity contribution in [3.63, 3.8) is 0 Å². The van der Waals surface area contributed by atoms with Crippen molar-refractivity contribution in [1.82, 2.24) is 4.90 Å². The van der Waals surface area contributed by atoms with Crippen molar-refractivity contribution in [3.05, 3.63) is 30.2 Å². The molecule has 0 saturated carbocycles. The van der Waals surface area contributed by atoms with Gasteiger partial charge in [-0.25, -0.2) is 0 Å². The number of nitrogens with zero attached hydrogens (tertiary/aromatic N) is 1. The van der Waals surface area contributed by atoms with Gasteiger partial charge in [-0.15, -0.1) is 0 Å². The monoisotopic (exact) mass is 191 g/mol. The minimum Gasteiger partial charge on any atom is -0.465 e. The molecule has 1 saturated heterocycles. The highest BCUT2D eigenvalue weighted by Crippen LogP contribution is 2.10. The summed E-state index contributed by atoms with van der Waals surface area (Å²) in [7, 11) is 0. The second-order valence-electron chi connectivity index (χ2n) is 2.98. The van der Waals surface area contributed by atoms with Crippen LogP contribution in [0.3, 0.4) is 0 Å². The van der Waals surface area contributed by atoms with Gasteiger partial charge in [-0.3, -0.25) is 14.5 Å². The van der Waals surface area contributed by atoms with E-state index in [0.29, 0.717) is 18.7 Å². The first-order chi connectivity index (χ1) is 6.77. The van der Waals surface area contributed by atoms with E-state index < -0.39 is 0 Å². The van der Waals surface area contributed by atoms with Gasteiger partial charge in [0.2, 0.25) is 5.91 Å². The van der Waals surface area contributed by atoms with Gasteiger partial charge in [-0.05, 0) is 18.2 Å². The highest BCUT2D eigenvalue weighted by Gasteiger charge is 2.27. The molecule has 1 aliphatic rings. The number of amides is 2. The normalized spacial score (nSPS) is 16.0. The van der Waals surface area contributed by atoms with E-state index in [9.17, 15) is 9.59 Å². The van der Waals surface area contributed by atoms with E-state index in [-0.39, 0.29) is 11.8 Å². The Kier molecular flexibility index (Phi) is 2.18. The SMILES string of the molecule is O=C(/C=C/c1ccco1)N1CCC1=O. The largest absolute Gasteiger partial charge is 0.465 e. The average molecular weight is 191 g/mol. The second kappa shape index (κ2) is 3.49. The fourth-order valence-electron chi connectivity index (χ4n) is 1.18. The van der Waals surface area contributed by atoms with E-state index in [0.717, 1.165) is 0 Å². The first kappa shape index (κ1) is 8.74. The van der Waals surface area contributed by atoms with E-state index >= 15 is 0 Å². The summed E-state index contributed by atoms with van der Waals surface area (Å²) in [5.41, 5.74) is 0. The van der Waals surface area contributed by atoms with E-state index in [4.69, 9.17) is 4.42 Å². The molecule has 0 unspecified atom stereocenters. The van der Waals surface area contributed by atoms with Gasteiger partial charge in [-0.1, -0.05) is 0 Å². The summed E-state index contributed by atoms with van der Waals surface area (Å²) in [4.78, 5) is 23.4. The molecule has 0 aliphatic carbocycles. The standard InChI is InChI=1S/C10H9NO3/c12-9(11-6-5-10(11)13)4-3-8-2-1-7-14-8/h1-4,7H,5-6H2/b4-3+. The lowest BCUT2D eigenvalue weighted by Gasteiger charge is -2.26. The topological polar surface area (TPSA) is 50.5 Å². The van der Waals surface area contributed by atoms with Crippen LogP contribution in [0.1, 0.15) is 12.2 Å². The van der Waals surface area contributed by atoms with Gasteiger partial charge in [0.15, 0.2) is 0 Å². The maximum absolute atomic E-state index is 11.3. The number of carbonyl (C=O) groups excluding carboxylic acids is 2. The third-order valence-corrected chi connectivity index (χ3v) is 2.05. The Morgan fingerprint density at radius 2 is 2.43 bits per heavy atom. The lowest BCUT2D eigenvalue weighted by atomic mass is 10.2. The molecule has 2 rings (SSSR count). The van der Waals surface area contributed by atoms with Crippen LogP contribution in [0.5, 0.6) is 0 Å². The second-order valence-corrected chi connectivity index (χ2v) is 2.98. The molecule has 0 radical (unpaired) electrons. The van der Waals surface area contributed by atoms with Gasteiger partial charge in [-0.2, -0.15) is 0 Å². The minimum absolute atomic E-state index is 0.112. The number of furan rings is 1. The van der Waals surface area contributed by atoms with Crippen LogP contribution < -0.4 is 0 Å². The molecule has 72 valence electrons. The van der Waals surface area contributed by atoms with E-state index in [1.165, 1.54) is 17.2 Å². The Bertz CT molecular complexity index is 378. The van der Waals surface area contributed by atoms with Gasteiger partial charge in [0.1, 0.15) is 5.76 Å². The maximum atomic E-state index is 11.3. The van der Waals surface area contributed by atoms with E-state index in [1.54, 1.807) is 18.2 Å². The van der Waals surface area contributed by atoms with Crippen LogP contribution in [-0.2, 0) is 9.59 Å². The molecule has 0 aromatic carbocycles. The molecular weight excluding hydrogens is 182 g/mol. The van der Waals surface area contributed by atoms with Crippen molar-refractivity contribution in [2.75, 3.05) is 6.54 Å². The van der Waals surface area contributed by atoms with E-state index in [2.05, 4.69) is 0 Å². The lowest BCUT2D eigenvalue weighted by molar-refractivity contribution is -0.149. The highest BCUT2D eigenvalue weighted by atomic mass is 16.3. The third kappa shape index (κ3) is 1.59. The summed E-state index contributed by atoms with van der Waals surface area (Å²) < 4.78 is 5.00. The maximum Gasteiger partial charge on any atom is 0.253 e. The summed E-state index contributed by atoms with van der Waals surface area (Å²) in [6.07, 6.45) is 4.89. The van der Waals surface area contributed by atoms with Crippen LogP contribution in [0.4, 0.5) is 0 Å². The van der Waals surface area contributed by atoms with Crippen LogP contribution in [0, 0.1) is 0 Å². The molecule has 4 nitrogen and oxygen atoms in total. The minimum atomic E-state index is -0.280. The van der Waals surface area contributed by atoms with Crippen LogP contribution in [0.15, 0.2) is 28.9 Å². The van der Waals surface area contributed by atoms with Crippen molar-refractivity contribution in [2.24, 2.45) is 0 Å². The zero-order valence-electron chi connectivity index (χ0n) is 7.47. The van der Waals surface area contributed by atoms with Gasteiger partial charge in [0, 0.05) is 19.0 Å². The Morgan fingerprint density at radius 3 is 2.93 bits per heavy atom. The van der Waals surface area contributed by atoms with E-state index in [1.807, 2.05) is 0 Å². The Balaban J connectivity index is 1.97. The third-order valence-electron chi connectivity index (χ3n) is 2.05. The molecule has 4 heteroatoms. The quantitative estimate of drug-likeness (QED) is 0.518. The summed E-state index contributed by atoms with van der Waals surface area (Å²) in [6, 6.07) is 3.47. The van der Waals surface area contributed by atoms with Crippen LogP contribution in [-0.4, -0.2) is 23.3 Å². The Labute approximate surface area is 80.8 Å². The van der Waals surface area contributed by atoms with Crippen LogP contribution in [0.25, 0.3) is 6.08 Å². The number of hydrogen-bond acceptors (Lipinski definition) is 3. The number of likely N-dealkylation sites (tertiary alicyclic amines) is 1. The van der Waals surface area contributed by atoms with Gasteiger partial charge in [0.05, 0.1) is 6.26 Å². The van der Waals surface area contributed by atoms with Gasteiger partial charge in [0.25, 0.3) is 5.91 Å². The fraction of sp³-hybridized carbons (Fsp3) is 0.200. The predicted molar refractivity (Wildman–Crippen MR) is 49.1 cm³/mol. The molecule has 1 fully saturated rings. The van der Waals surface area contributed by atoms with Crippen molar-refractivity contribution >= 4 is 17.9 Å². The number of imide groups is 1. The molecule has 1 aromatic heterocycles. The number of carbonyl (C=O) groups is 2. The Hall–Kier alpha value is -1.84. The highest BCUT2D eigenvalue weighted by molar-refractivity contribution is 6.05. The number of hydrogen-bond donors (Lipinski definition) is 0. The average Bonchev–Trinajstić information content (AvgIpc) is 2.65. The van der Waals surface area contributed by atoms with Gasteiger partial charge < -0.3 is 4.42 Å². The molecule has 0 atom stereocenters. The molecule has 0 bridgehead atoms. The van der Waals surface area contributed by atoms with Crippen molar-refractivity contribution in [1.29, 1.82) is 0 Å². The summed E-state index contributed by atoms with van der Waals surface area (Å²) in [5.74, 6) is 0.211. The summed E-state index contributed by atoms with van der Waals surface area (Å²) >= 11 is 0. The smallest absolute Gasteiger partial charge is 0.253 e. The molecule has 2 heterocycles. The predicted octanol–water partition coefficient (Wildman–Crippen LogP) is 1.05. The Morgan fingerprint density at radius 1 is 1.57 bits per heavy atom. The van der Waals surface area contributed by atoms with Gasteiger partial charge >= 0.3 is 0 Å². The van der Waals surface area contributed by atoms with Crippen molar-refractivity contribution in [2.45, 2.75) is 6.42 Å². The first-order valence-corrected chi connectivity index (χ1v) is 4.33. The fourth-order valence-corrected chi connectivity index (χ4v) is 1.18. The molecule has 1 aliphatic heterocycles. The zero-order valence-corrected chi connectivity index (χ0v) is 7.47. The molecule has 0 spiro atoms. The molecule has 2 amide bonds. The molecule has 14 heavy (non-hydrogen) atoms. The zero-order chi connectivity index (χ0) is 9.97.